The summed E-state index contributed by atoms with van der Waals surface area (Å²) in [5.41, 5.74) is 7.40. The van der Waals surface area contributed by atoms with Crippen LogP contribution in [0.15, 0.2) is 60.7 Å². The molecule has 0 saturated heterocycles. The average molecular weight is 537 g/mol. The van der Waals surface area contributed by atoms with Gasteiger partial charge in [-0.25, -0.2) is 0 Å². The van der Waals surface area contributed by atoms with Gasteiger partial charge in [0.1, 0.15) is 18.1 Å². The van der Waals surface area contributed by atoms with Crippen molar-refractivity contribution in [2.75, 3.05) is 19.6 Å². The molecular formula is C32H41O5P. The van der Waals surface area contributed by atoms with Crippen LogP contribution in [0.5, 0.6) is 11.5 Å². The number of ether oxygens (including phenoxy) is 2. The molecule has 0 heterocycles. The third-order valence-corrected chi connectivity index (χ3v) is 9.13. The van der Waals surface area contributed by atoms with Crippen LogP contribution in [-0.4, -0.2) is 19.6 Å². The molecule has 3 aromatic carbocycles. The monoisotopic (exact) mass is 536 g/mol. The van der Waals surface area contributed by atoms with E-state index in [2.05, 4.69) is 64.1 Å². The first-order chi connectivity index (χ1) is 18.2. The van der Waals surface area contributed by atoms with Gasteiger partial charge in [-0.05, 0) is 91.1 Å². The molecular weight excluding hydrogens is 495 g/mol. The van der Waals surface area contributed by atoms with E-state index < -0.39 is 7.60 Å². The molecule has 0 aliphatic heterocycles. The molecule has 6 heteroatoms. The van der Waals surface area contributed by atoms with Crippen LogP contribution >= 0.6 is 7.60 Å². The minimum atomic E-state index is -3.27. The van der Waals surface area contributed by atoms with Crippen molar-refractivity contribution in [3.8, 4) is 11.5 Å². The summed E-state index contributed by atoms with van der Waals surface area (Å²) in [5, 5.41) is 0. The van der Waals surface area contributed by atoms with E-state index >= 15 is 0 Å². The maximum Gasteiger partial charge on any atom is 0.367 e. The first-order valence-electron chi connectivity index (χ1n) is 13.6. The van der Waals surface area contributed by atoms with Gasteiger partial charge in [-0.15, -0.1) is 0 Å². The van der Waals surface area contributed by atoms with E-state index in [1.54, 1.807) is 13.8 Å². The zero-order valence-electron chi connectivity index (χ0n) is 23.6. The van der Waals surface area contributed by atoms with Crippen LogP contribution in [-0.2, 0) is 32.1 Å². The minimum Gasteiger partial charge on any atom is -0.489 e. The first-order valence-corrected chi connectivity index (χ1v) is 15.4. The Bertz CT molecular complexity index is 1280. The predicted octanol–water partition coefficient (Wildman–Crippen LogP) is 8.55. The zero-order valence-corrected chi connectivity index (χ0v) is 24.5. The van der Waals surface area contributed by atoms with Crippen LogP contribution in [0.2, 0.25) is 0 Å². The van der Waals surface area contributed by atoms with E-state index in [9.17, 15) is 4.57 Å². The van der Waals surface area contributed by atoms with Crippen molar-refractivity contribution in [1.82, 2.24) is 0 Å². The third kappa shape index (κ3) is 6.17. The Morgan fingerprint density at radius 3 is 2.32 bits per heavy atom. The van der Waals surface area contributed by atoms with Crippen molar-refractivity contribution in [1.29, 1.82) is 0 Å². The normalized spacial score (nSPS) is 17.0. The highest BCUT2D eigenvalue weighted by Crippen LogP contribution is 2.50. The molecule has 0 N–H and O–H groups in total. The fourth-order valence-electron chi connectivity index (χ4n) is 5.56. The summed E-state index contributed by atoms with van der Waals surface area (Å²) in [6, 6.07) is 21.1. The Kier molecular flexibility index (Phi) is 9.03. The zero-order chi connectivity index (χ0) is 27.3. The van der Waals surface area contributed by atoms with Gasteiger partial charge >= 0.3 is 7.60 Å². The second-order valence-electron chi connectivity index (χ2n) is 10.5. The van der Waals surface area contributed by atoms with Crippen LogP contribution in [0.3, 0.4) is 0 Å². The van der Waals surface area contributed by atoms with E-state index in [1.165, 1.54) is 27.8 Å². The largest absolute Gasteiger partial charge is 0.489 e. The molecule has 1 unspecified atom stereocenters. The standard InChI is InChI=1S/C32H41O5P/c1-7-36-38(33,37-8-2)22-35-28-18-24(5)31-26(19-28)16-17-32(31,6)27-14-15-30(29(20-27)23(3)4)34-21-25-12-10-9-11-13-25/h9-15,18-20,23H,7-8,16-17,21-22H2,1-6H3. The maximum absolute atomic E-state index is 12.9. The number of hydrogen-bond donors (Lipinski definition) is 0. The van der Waals surface area contributed by atoms with E-state index in [0.717, 1.165) is 24.2 Å². The number of fused-ring (bicyclic) bond motifs is 1. The van der Waals surface area contributed by atoms with E-state index in [0.29, 0.717) is 31.5 Å². The molecule has 4 rings (SSSR count). The molecule has 1 aliphatic carbocycles. The van der Waals surface area contributed by atoms with Crippen molar-refractivity contribution in [3.05, 3.63) is 94.0 Å². The summed E-state index contributed by atoms with van der Waals surface area (Å²) >= 11 is 0. The molecule has 5 nitrogen and oxygen atoms in total. The Morgan fingerprint density at radius 1 is 0.947 bits per heavy atom. The van der Waals surface area contributed by atoms with Gasteiger partial charge in [0.2, 0.25) is 0 Å². The fourth-order valence-corrected chi connectivity index (χ4v) is 6.88. The Balaban J connectivity index is 1.58. The van der Waals surface area contributed by atoms with Gasteiger partial charge in [0.25, 0.3) is 0 Å². The molecule has 1 atom stereocenters. The van der Waals surface area contributed by atoms with Crippen LogP contribution < -0.4 is 9.47 Å². The minimum absolute atomic E-state index is 0.0909. The fraction of sp³-hybridized carbons (Fsp3) is 0.438. The van der Waals surface area contributed by atoms with E-state index in [4.69, 9.17) is 18.5 Å². The van der Waals surface area contributed by atoms with Gasteiger partial charge < -0.3 is 18.5 Å². The first kappa shape index (κ1) is 28.4. The third-order valence-electron chi connectivity index (χ3n) is 7.38. The van der Waals surface area contributed by atoms with Gasteiger partial charge in [-0.2, -0.15) is 0 Å². The average Bonchev–Trinajstić information content (AvgIpc) is 3.25. The molecule has 204 valence electrons. The Morgan fingerprint density at radius 2 is 1.66 bits per heavy atom. The summed E-state index contributed by atoms with van der Waals surface area (Å²) in [5.74, 6) is 1.99. The summed E-state index contributed by atoms with van der Waals surface area (Å²) in [7, 11) is -3.27. The van der Waals surface area contributed by atoms with Crippen molar-refractivity contribution in [2.45, 2.75) is 72.3 Å². The van der Waals surface area contributed by atoms with Gasteiger partial charge in [0.15, 0.2) is 6.35 Å². The van der Waals surface area contributed by atoms with E-state index in [1.807, 2.05) is 24.3 Å². The van der Waals surface area contributed by atoms with Gasteiger partial charge in [-0.3, -0.25) is 4.57 Å². The number of aryl methyl sites for hydroxylation is 2. The summed E-state index contributed by atoms with van der Waals surface area (Å²) in [4.78, 5) is 0. The van der Waals surface area contributed by atoms with Crippen molar-refractivity contribution >= 4 is 7.60 Å². The van der Waals surface area contributed by atoms with Crippen molar-refractivity contribution in [3.63, 3.8) is 0 Å². The molecule has 0 spiro atoms. The van der Waals surface area contributed by atoms with Gasteiger partial charge in [0.05, 0.1) is 13.2 Å². The molecule has 0 amide bonds. The summed E-state index contributed by atoms with van der Waals surface area (Å²) in [6.45, 7) is 13.7. The lowest BCUT2D eigenvalue weighted by Gasteiger charge is -2.30. The van der Waals surface area contributed by atoms with Crippen molar-refractivity contribution in [2.24, 2.45) is 0 Å². The molecule has 0 bridgehead atoms. The molecule has 0 radical (unpaired) electrons. The highest BCUT2D eigenvalue weighted by molar-refractivity contribution is 7.53. The smallest absolute Gasteiger partial charge is 0.367 e. The summed E-state index contributed by atoms with van der Waals surface area (Å²) < 4.78 is 35.9. The van der Waals surface area contributed by atoms with E-state index in [-0.39, 0.29) is 11.8 Å². The molecule has 1 aliphatic rings. The quantitative estimate of drug-likeness (QED) is 0.217. The van der Waals surface area contributed by atoms with Crippen LogP contribution in [0.25, 0.3) is 0 Å². The second-order valence-corrected chi connectivity index (χ2v) is 12.5. The maximum atomic E-state index is 12.9. The van der Waals surface area contributed by atoms with Crippen LogP contribution in [0.4, 0.5) is 0 Å². The molecule has 3 aromatic rings. The highest BCUT2D eigenvalue weighted by atomic mass is 31.2. The predicted molar refractivity (Wildman–Crippen MR) is 154 cm³/mol. The van der Waals surface area contributed by atoms with Gasteiger partial charge in [0, 0.05) is 5.41 Å². The number of rotatable bonds is 12. The summed E-state index contributed by atoms with van der Waals surface area (Å²) in [6.07, 6.45) is 1.89. The molecule has 0 fully saturated rings. The Labute approximate surface area is 228 Å². The molecule has 0 saturated carbocycles. The molecule has 38 heavy (non-hydrogen) atoms. The SMILES string of the molecule is CCOP(=O)(COc1cc(C)c2c(c1)CCC2(C)c1ccc(OCc2ccccc2)c(C(C)C)c1)OCC. The Hall–Kier alpha value is -2.59. The highest BCUT2D eigenvalue weighted by Gasteiger charge is 2.38. The van der Waals surface area contributed by atoms with Crippen LogP contribution in [0.1, 0.15) is 80.3 Å². The topological polar surface area (TPSA) is 54.0 Å². The second kappa shape index (κ2) is 12.1. The number of hydrogen-bond acceptors (Lipinski definition) is 5. The lowest BCUT2D eigenvalue weighted by molar-refractivity contribution is 0.197. The number of benzene rings is 3. The van der Waals surface area contributed by atoms with Gasteiger partial charge in [-0.1, -0.05) is 63.2 Å². The van der Waals surface area contributed by atoms with Crippen LogP contribution in [0, 0.1) is 6.92 Å². The lowest BCUT2D eigenvalue weighted by Crippen LogP contribution is -2.21. The van der Waals surface area contributed by atoms with Crippen molar-refractivity contribution < 1.29 is 23.1 Å². The molecule has 0 aromatic heterocycles. The lowest BCUT2D eigenvalue weighted by atomic mass is 9.75.